The third kappa shape index (κ3) is 3.65. The first-order valence-electron chi connectivity index (χ1n) is 9.66. The minimum atomic E-state index is -4.70. The van der Waals surface area contributed by atoms with Gasteiger partial charge in [0.1, 0.15) is 5.56 Å². The van der Waals surface area contributed by atoms with Gasteiger partial charge in [-0.1, -0.05) is 0 Å². The highest BCUT2D eigenvalue weighted by Crippen LogP contribution is 2.37. The quantitative estimate of drug-likeness (QED) is 0.679. The number of amides is 1. The van der Waals surface area contributed by atoms with Crippen molar-refractivity contribution in [3.8, 4) is 22.8 Å². The van der Waals surface area contributed by atoms with Crippen molar-refractivity contribution in [2.24, 2.45) is 0 Å². The number of aromatic nitrogens is 3. The smallest absolute Gasteiger partial charge is 0.433 e. The van der Waals surface area contributed by atoms with Crippen molar-refractivity contribution >= 4 is 11.6 Å². The van der Waals surface area contributed by atoms with Crippen LogP contribution in [0.25, 0.3) is 16.9 Å². The van der Waals surface area contributed by atoms with Gasteiger partial charge in [-0.15, -0.1) is 0 Å². The highest BCUT2D eigenvalue weighted by molar-refractivity contribution is 6.00. The van der Waals surface area contributed by atoms with Gasteiger partial charge < -0.3 is 19.5 Å². The molecule has 1 saturated heterocycles. The molecule has 8 nitrogen and oxygen atoms in total. The van der Waals surface area contributed by atoms with Crippen LogP contribution in [0, 0.1) is 0 Å². The van der Waals surface area contributed by atoms with Crippen molar-refractivity contribution in [1.82, 2.24) is 19.9 Å². The van der Waals surface area contributed by atoms with E-state index in [2.05, 4.69) is 15.4 Å². The minimum absolute atomic E-state index is 0.0341. The molecule has 1 aromatic carbocycles. The first kappa shape index (κ1) is 19.6. The Kier molecular flexibility index (Phi) is 4.69. The van der Waals surface area contributed by atoms with Crippen molar-refractivity contribution in [2.45, 2.75) is 25.1 Å². The van der Waals surface area contributed by atoms with Crippen molar-refractivity contribution in [2.75, 3.05) is 19.9 Å². The molecule has 0 bridgehead atoms. The van der Waals surface area contributed by atoms with E-state index in [1.54, 1.807) is 18.2 Å². The highest BCUT2D eigenvalue weighted by atomic mass is 19.4. The van der Waals surface area contributed by atoms with Gasteiger partial charge >= 0.3 is 6.18 Å². The lowest BCUT2D eigenvalue weighted by molar-refractivity contribution is -0.142. The van der Waals surface area contributed by atoms with E-state index in [-0.39, 0.29) is 36.3 Å². The molecule has 162 valence electrons. The fourth-order valence-corrected chi connectivity index (χ4v) is 3.64. The Morgan fingerprint density at radius 3 is 2.84 bits per heavy atom. The van der Waals surface area contributed by atoms with Crippen LogP contribution in [0.4, 0.5) is 13.2 Å². The molecule has 2 aliphatic rings. The molecule has 0 aliphatic carbocycles. The Bertz CT molecular complexity index is 1160. The molecule has 0 spiro atoms. The molecule has 0 radical (unpaired) electrons. The number of nitrogens with zero attached hydrogens (tertiary/aromatic N) is 3. The van der Waals surface area contributed by atoms with Gasteiger partial charge in [-0.25, -0.2) is 9.50 Å². The molecule has 31 heavy (non-hydrogen) atoms. The first-order chi connectivity index (χ1) is 14.9. The summed E-state index contributed by atoms with van der Waals surface area (Å²) in [6.45, 7) is 0.938. The van der Waals surface area contributed by atoms with Crippen LogP contribution in [0.15, 0.2) is 30.5 Å². The van der Waals surface area contributed by atoms with Crippen molar-refractivity contribution in [3.63, 3.8) is 0 Å². The van der Waals surface area contributed by atoms with E-state index < -0.39 is 17.8 Å². The molecule has 2 aromatic heterocycles. The topological polar surface area (TPSA) is 87.0 Å². The third-order valence-corrected chi connectivity index (χ3v) is 5.19. The first-order valence-corrected chi connectivity index (χ1v) is 9.66. The molecule has 4 heterocycles. The Morgan fingerprint density at radius 1 is 1.23 bits per heavy atom. The second kappa shape index (κ2) is 7.41. The predicted molar refractivity (Wildman–Crippen MR) is 101 cm³/mol. The van der Waals surface area contributed by atoms with E-state index in [1.165, 1.54) is 0 Å². The van der Waals surface area contributed by atoms with E-state index in [0.29, 0.717) is 28.2 Å². The summed E-state index contributed by atoms with van der Waals surface area (Å²) in [5.41, 5.74) is -0.849. The predicted octanol–water partition coefficient (Wildman–Crippen LogP) is 3.05. The summed E-state index contributed by atoms with van der Waals surface area (Å²) in [5, 5.41) is 6.47. The second-order valence-electron chi connectivity index (χ2n) is 7.23. The van der Waals surface area contributed by atoms with Crippen LogP contribution in [0.2, 0.25) is 0 Å². The maximum absolute atomic E-state index is 13.7. The molecule has 3 aromatic rings. The average molecular weight is 434 g/mol. The van der Waals surface area contributed by atoms with Crippen LogP contribution in [-0.4, -0.2) is 46.6 Å². The normalized spacial score (nSPS) is 18.0. The standard InChI is InChI=1S/C20H17F3N4O4/c21-20(22,23)17-7-14(11-3-4-15-16(6-11)31-10-30-15)26-18-13(9-25-27(17)18)19(28)24-8-12-2-1-5-29-12/h3-4,6-7,9,12H,1-2,5,8,10H2,(H,24,28). The maximum Gasteiger partial charge on any atom is 0.433 e. The highest BCUT2D eigenvalue weighted by Gasteiger charge is 2.36. The summed E-state index contributed by atoms with van der Waals surface area (Å²) in [7, 11) is 0. The van der Waals surface area contributed by atoms with E-state index in [1.807, 2.05) is 0 Å². The molecular weight excluding hydrogens is 417 g/mol. The Hall–Kier alpha value is -3.34. The fourth-order valence-electron chi connectivity index (χ4n) is 3.64. The lowest BCUT2D eigenvalue weighted by Crippen LogP contribution is -2.31. The molecule has 2 aliphatic heterocycles. The van der Waals surface area contributed by atoms with Gasteiger partial charge in [0.2, 0.25) is 6.79 Å². The number of halogens is 3. The zero-order chi connectivity index (χ0) is 21.6. The SMILES string of the molecule is O=C(NCC1CCCO1)c1cnn2c(C(F)(F)F)cc(-c3ccc4c(c3)OCO4)nc12. The molecular formula is C20H17F3N4O4. The summed E-state index contributed by atoms with van der Waals surface area (Å²) in [6.07, 6.45) is -1.99. The van der Waals surface area contributed by atoms with E-state index >= 15 is 0 Å². The fraction of sp³-hybridized carbons (Fsp3) is 0.350. The molecule has 1 atom stereocenters. The van der Waals surface area contributed by atoms with Gasteiger partial charge in [0, 0.05) is 18.7 Å². The average Bonchev–Trinajstić information content (AvgIpc) is 3.50. The van der Waals surface area contributed by atoms with Crippen LogP contribution in [0.5, 0.6) is 11.5 Å². The maximum atomic E-state index is 13.7. The van der Waals surface area contributed by atoms with Gasteiger partial charge in [-0.3, -0.25) is 4.79 Å². The molecule has 1 fully saturated rings. The van der Waals surface area contributed by atoms with Crippen LogP contribution < -0.4 is 14.8 Å². The minimum Gasteiger partial charge on any atom is -0.454 e. The molecule has 1 amide bonds. The molecule has 5 rings (SSSR count). The largest absolute Gasteiger partial charge is 0.454 e. The summed E-state index contributed by atoms with van der Waals surface area (Å²) in [5.74, 6) is 0.351. The molecule has 11 heteroatoms. The van der Waals surface area contributed by atoms with E-state index in [0.717, 1.165) is 25.1 Å². The lowest BCUT2D eigenvalue weighted by atomic mass is 10.1. The summed E-state index contributed by atoms with van der Waals surface area (Å²) < 4.78 is 57.9. The number of fused-ring (bicyclic) bond motifs is 2. The van der Waals surface area contributed by atoms with Crippen LogP contribution in [0.1, 0.15) is 28.9 Å². The van der Waals surface area contributed by atoms with Gasteiger partial charge in [0.15, 0.2) is 22.8 Å². The second-order valence-corrected chi connectivity index (χ2v) is 7.23. The van der Waals surface area contributed by atoms with Gasteiger partial charge in [0.25, 0.3) is 5.91 Å². The van der Waals surface area contributed by atoms with Crippen LogP contribution in [-0.2, 0) is 10.9 Å². The number of benzene rings is 1. The Labute approximate surface area is 173 Å². The summed E-state index contributed by atoms with van der Waals surface area (Å²) in [4.78, 5) is 17.0. The summed E-state index contributed by atoms with van der Waals surface area (Å²) in [6, 6.07) is 5.63. The van der Waals surface area contributed by atoms with Gasteiger partial charge in [0.05, 0.1) is 18.0 Å². The monoisotopic (exact) mass is 434 g/mol. The lowest BCUT2D eigenvalue weighted by Gasteiger charge is -2.12. The third-order valence-electron chi connectivity index (χ3n) is 5.19. The zero-order valence-electron chi connectivity index (χ0n) is 16.1. The van der Waals surface area contributed by atoms with Crippen molar-refractivity contribution in [1.29, 1.82) is 0 Å². The number of carbonyl (C=O) groups is 1. The van der Waals surface area contributed by atoms with E-state index in [4.69, 9.17) is 14.2 Å². The molecule has 1 N–H and O–H groups in total. The van der Waals surface area contributed by atoms with Crippen molar-refractivity contribution < 1.29 is 32.2 Å². The number of alkyl halides is 3. The number of carbonyl (C=O) groups excluding carboxylic acids is 1. The number of hydrogen-bond acceptors (Lipinski definition) is 6. The number of hydrogen-bond donors (Lipinski definition) is 1. The molecule has 1 unspecified atom stereocenters. The number of rotatable bonds is 4. The Morgan fingerprint density at radius 2 is 2.06 bits per heavy atom. The summed E-state index contributed by atoms with van der Waals surface area (Å²) >= 11 is 0. The van der Waals surface area contributed by atoms with E-state index in [9.17, 15) is 18.0 Å². The Balaban J connectivity index is 1.55. The van der Waals surface area contributed by atoms with Gasteiger partial charge in [-0.05, 0) is 37.1 Å². The van der Waals surface area contributed by atoms with Crippen molar-refractivity contribution in [3.05, 3.63) is 41.7 Å². The van der Waals surface area contributed by atoms with Gasteiger partial charge in [-0.2, -0.15) is 18.3 Å². The van der Waals surface area contributed by atoms with Crippen LogP contribution >= 0.6 is 0 Å². The number of nitrogens with one attached hydrogen (secondary N) is 1. The number of ether oxygens (including phenoxy) is 3. The zero-order valence-corrected chi connectivity index (χ0v) is 16.1. The van der Waals surface area contributed by atoms with Crippen LogP contribution in [0.3, 0.4) is 0 Å². The molecule has 0 saturated carbocycles.